The molecule has 0 fully saturated rings. The third-order valence-electron chi connectivity index (χ3n) is 9.32. The van der Waals surface area contributed by atoms with Crippen LogP contribution in [0.15, 0.2) is 60.4 Å². The summed E-state index contributed by atoms with van der Waals surface area (Å²) >= 11 is 0. The van der Waals surface area contributed by atoms with Gasteiger partial charge in [-0.1, -0.05) is 30.7 Å². The highest BCUT2D eigenvalue weighted by atomic mass is 32.2. The van der Waals surface area contributed by atoms with Crippen molar-refractivity contribution in [2.75, 3.05) is 29.5 Å². The van der Waals surface area contributed by atoms with Gasteiger partial charge in [0.2, 0.25) is 11.6 Å². The van der Waals surface area contributed by atoms with Gasteiger partial charge in [-0.3, -0.25) is 9.35 Å². The average Bonchev–Trinajstić information content (AvgIpc) is 3.33. The number of hydrogen-bond acceptors (Lipinski definition) is 7. The summed E-state index contributed by atoms with van der Waals surface area (Å²) in [6.45, 7) is 1.73. The number of carboxylic acid groups (broad SMARTS) is 1. The Morgan fingerprint density at radius 2 is 1.57 bits per heavy atom. The van der Waals surface area contributed by atoms with Crippen LogP contribution < -0.4 is 4.90 Å². The molecule has 0 spiro atoms. The number of aliphatic carboxylic acids is 1. The Hall–Kier alpha value is -4.19. The van der Waals surface area contributed by atoms with Crippen LogP contribution in [0.25, 0.3) is 6.08 Å². The van der Waals surface area contributed by atoms with Crippen molar-refractivity contribution in [2.24, 2.45) is 0 Å². The third-order valence-corrected chi connectivity index (χ3v) is 10.9. The summed E-state index contributed by atoms with van der Waals surface area (Å²) in [5.74, 6) is -9.90. The van der Waals surface area contributed by atoms with Crippen LogP contribution in [0.1, 0.15) is 75.8 Å². The van der Waals surface area contributed by atoms with Gasteiger partial charge in [0.25, 0.3) is 15.8 Å². The molecule has 0 amide bonds. The molecule has 2 aromatic carbocycles. The fourth-order valence-corrected chi connectivity index (χ4v) is 7.90. The third kappa shape index (κ3) is 10.7. The molecule has 2 aromatic rings. The number of benzene rings is 2. The molecule has 0 saturated heterocycles. The van der Waals surface area contributed by atoms with Gasteiger partial charge in [0.15, 0.2) is 17.3 Å². The molecule has 0 bridgehead atoms. The Kier molecular flexibility index (Phi) is 14.2. The molecule has 54 heavy (non-hydrogen) atoms. The Labute approximate surface area is 311 Å². The van der Waals surface area contributed by atoms with Crippen LogP contribution in [-0.4, -0.2) is 71.9 Å². The van der Waals surface area contributed by atoms with E-state index in [2.05, 4.69) is 0 Å². The SMILES string of the molecule is CC1(CCCCS(=O)(=O)O)C(/C=C/C=C/C=C2\C=Cc3ccc(F)cc3N2CCCCS(=O)(=O)[O-])=[N+](CCCCCC(=O)O)c2c(F)c(F)c(F)c(F)c21. The molecule has 0 aliphatic carbocycles. The van der Waals surface area contributed by atoms with E-state index in [9.17, 15) is 43.9 Å². The maximum absolute atomic E-state index is 15.7. The molecule has 10 nitrogen and oxygen atoms in total. The zero-order chi connectivity index (χ0) is 39.8. The van der Waals surface area contributed by atoms with E-state index in [0.29, 0.717) is 29.8 Å². The lowest BCUT2D eigenvalue weighted by atomic mass is 9.75. The highest BCUT2D eigenvalue weighted by Crippen LogP contribution is 2.48. The van der Waals surface area contributed by atoms with Gasteiger partial charge in [-0.25, -0.2) is 26.0 Å². The second kappa shape index (κ2) is 18.0. The predicted molar refractivity (Wildman–Crippen MR) is 193 cm³/mol. The minimum absolute atomic E-state index is 0.0224. The van der Waals surface area contributed by atoms with Crippen LogP contribution >= 0.6 is 0 Å². The maximum atomic E-state index is 15.7. The van der Waals surface area contributed by atoms with Crippen molar-refractivity contribution in [3.05, 3.63) is 101 Å². The van der Waals surface area contributed by atoms with Crippen molar-refractivity contribution >= 4 is 49.4 Å². The summed E-state index contributed by atoms with van der Waals surface area (Å²) in [6, 6.07) is 4.21. The van der Waals surface area contributed by atoms with E-state index < -0.39 is 83.5 Å². The molecule has 17 heteroatoms. The molecule has 1 unspecified atom stereocenters. The molecular formula is C37H41F5N2O8S2. The minimum atomic E-state index is -4.41. The Morgan fingerprint density at radius 1 is 0.870 bits per heavy atom. The molecule has 2 aliphatic rings. The number of carbonyl (C=O) groups is 1. The molecule has 4 rings (SSSR count). The van der Waals surface area contributed by atoms with E-state index in [1.807, 2.05) is 0 Å². The van der Waals surface area contributed by atoms with Crippen molar-refractivity contribution in [2.45, 2.75) is 70.1 Å². The Morgan fingerprint density at radius 3 is 2.26 bits per heavy atom. The number of unbranched alkanes of at least 4 members (excludes halogenated alkanes) is 4. The first-order chi connectivity index (χ1) is 25.3. The molecule has 2 heterocycles. The first-order valence-electron chi connectivity index (χ1n) is 17.3. The number of hydrogen-bond donors (Lipinski definition) is 2. The summed E-state index contributed by atoms with van der Waals surface area (Å²) in [5, 5.41) is 9.00. The fraction of sp³-hybridized carbons (Fsp3) is 0.405. The number of fused-ring (bicyclic) bond motifs is 2. The van der Waals surface area contributed by atoms with E-state index >= 15 is 8.78 Å². The van der Waals surface area contributed by atoms with Gasteiger partial charge >= 0.3 is 5.97 Å². The molecule has 294 valence electrons. The molecule has 0 saturated carbocycles. The summed E-state index contributed by atoms with van der Waals surface area (Å²) in [5.41, 5.74) is -0.440. The van der Waals surface area contributed by atoms with Crippen LogP contribution in [0.3, 0.4) is 0 Å². The van der Waals surface area contributed by atoms with E-state index in [1.165, 1.54) is 35.8 Å². The summed E-state index contributed by atoms with van der Waals surface area (Å²) in [4.78, 5) is 12.8. The second-order valence-electron chi connectivity index (χ2n) is 13.3. The van der Waals surface area contributed by atoms with Crippen LogP contribution in [0.5, 0.6) is 0 Å². The zero-order valence-corrected chi connectivity index (χ0v) is 31.0. The van der Waals surface area contributed by atoms with Crippen molar-refractivity contribution in [3.63, 3.8) is 0 Å². The van der Waals surface area contributed by atoms with Crippen molar-refractivity contribution in [3.8, 4) is 0 Å². The normalized spacial score (nSPS) is 18.1. The maximum Gasteiger partial charge on any atom is 0.303 e. The molecule has 0 aromatic heterocycles. The second-order valence-corrected chi connectivity index (χ2v) is 16.4. The number of carboxylic acids is 1. The van der Waals surface area contributed by atoms with Gasteiger partial charge in [0.05, 0.1) is 32.5 Å². The highest BCUT2D eigenvalue weighted by Gasteiger charge is 2.53. The highest BCUT2D eigenvalue weighted by molar-refractivity contribution is 7.85. The quantitative estimate of drug-likeness (QED) is 0.0283. The van der Waals surface area contributed by atoms with Crippen molar-refractivity contribution < 1.29 is 62.4 Å². The number of nitrogens with zero attached hydrogens (tertiary/aromatic N) is 2. The lowest BCUT2D eigenvalue weighted by molar-refractivity contribution is -0.441. The molecular weight excluding hydrogens is 760 g/mol. The average molecular weight is 801 g/mol. The van der Waals surface area contributed by atoms with Crippen LogP contribution in [0.4, 0.5) is 33.3 Å². The van der Waals surface area contributed by atoms with Gasteiger partial charge in [-0.2, -0.15) is 17.4 Å². The number of allylic oxidation sites excluding steroid dienone is 6. The topological polar surface area (TPSA) is 155 Å². The number of anilines is 1. The largest absolute Gasteiger partial charge is 0.748 e. The van der Waals surface area contributed by atoms with Crippen molar-refractivity contribution in [1.82, 2.24) is 0 Å². The van der Waals surface area contributed by atoms with Gasteiger partial charge < -0.3 is 14.6 Å². The fourth-order valence-electron chi connectivity index (χ4n) is 6.77. The molecule has 2 N–H and O–H groups in total. The first-order valence-corrected chi connectivity index (χ1v) is 20.4. The monoisotopic (exact) mass is 800 g/mol. The molecule has 1 atom stereocenters. The van der Waals surface area contributed by atoms with Gasteiger partial charge in [0.1, 0.15) is 12.4 Å². The minimum Gasteiger partial charge on any atom is -0.748 e. The lowest BCUT2D eigenvalue weighted by Crippen LogP contribution is -2.32. The van der Waals surface area contributed by atoms with E-state index in [4.69, 9.17) is 5.11 Å². The van der Waals surface area contributed by atoms with Crippen LogP contribution in [0.2, 0.25) is 0 Å². The number of rotatable bonds is 19. The summed E-state index contributed by atoms with van der Waals surface area (Å²) < 4.78 is 141. The predicted octanol–water partition coefficient (Wildman–Crippen LogP) is 7.30. The van der Waals surface area contributed by atoms with Gasteiger partial charge in [0, 0.05) is 36.9 Å². The Balaban J connectivity index is 1.71. The summed E-state index contributed by atoms with van der Waals surface area (Å²) in [7, 11) is -8.75. The van der Waals surface area contributed by atoms with Crippen LogP contribution in [-0.2, 0) is 30.4 Å². The smallest absolute Gasteiger partial charge is 0.303 e. The van der Waals surface area contributed by atoms with Gasteiger partial charge in [-0.05, 0) is 81.4 Å². The van der Waals surface area contributed by atoms with Crippen LogP contribution in [0, 0.1) is 29.1 Å². The lowest BCUT2D eigenvalue weighted by Gasteiger charge is -2.30. The van der Waals surface area contributed by atoms with Gasteiger partial charge in [-0.15, -0.1) is 0 Å². The molecule has 0 radical (unpaired) electrons. The zero-order valence-electron chi connectivity index (χ0n) is 29.4. The van der Waals surface area contributed by atoms with E-state index in [1.54, 1.807) is 41.3 Å². The van der Waals surface area contributed by atoms with Crippen molar-refractivity contribution in [1.29, 1.82) is 0 Å². The summed E-state index contributed by atoms with van der Waals surface area (Å²) in [6.07, 6.45) is 12.5. The van der Waals surface area contributed by atoms with E-state index in [0.717, 1.165) is 0 Å². The van der Waals surface area contributed by atoms with E-state index in [-0.39, 0.29) is 63.7 Å². The first kappa shape index (κ1) is 42.6. The number of halogens is 5. The standard InChI is InChI=1S/C37H41F5N2O8S2/c1-37(19-7-10-22-53(47,48)49)29(44(21-8-3-6-14-30(45)46)36-31(37)32(39)33(40)34(41)35(36)42)13-5-2-4-12-27-18-16-25-15-17-26(38)24-28(25)43(27)20-9-11-23-54(50,51)52/h2,4-5,12-13,15-18,24H,3,6-11,14,19-23H2,1H3,(H2-,45,46,47,48,49,50,51,52). The molecule has 2 aliphatic heterocycles. The Bertz CT molecular complexity index is 2130.